The van der Waals surface area contributed by atoms with Crippen LogP contribution in [0.3, 0.4) is 0 Å². The van der Waals surface area contributed by atoms with E-state index in [1.165, 1.54) is 33.7 Å². The van der Waals surface area contributed by atoms with Gasteiger partial charge in [0.05, 0.1) is 27.9 Å². The Morgan fingerprint density at radius 3 is 2.89 bits per heavy atom. The van der Waals surface area contributed by atoms with Crippen molar-refractivity contribution in [3.63, 3.8) is 0 Å². The lowest BCUT2D eigenvalue weighted by Gasteiger charge is -2.23. The number of anilines is 1. The highest BCUT2D eigenvalue weighted by Crippen LogP contribution is 2.31. The molecule has 0 aliphatic carbocycles. The minimum atomic E-state index is -3.22. The molecule has 3 heterocycles. The number of fused-ring (bicyclic) bond motifs is 2. The summed E-state index contributed by atoms with van der Waals surface area (Å²) in [6.45, 7) is 0.749. The third-order valence-corrected chi connectivity index (χ3v) is 8.44. The predicted molar refractivity (Wildman–Crippen MR) is 110 cm³/mol. The van der Waals surface area contributed by atoms with Crippen molar-refractivity contribution in [1.82, 2.24) is 14.3 Å². The third kappa shape index (κ3) is 4.32. The molecule has 0 fully saturated rings. The van der Waals surface area contributed by atoms with Crippen molar-refractivity contribution < 1.29 is 13.2 Å². The second kappa shape index (κ2) is 7.47. The molecule has 27 heavy (non-hydrogen) atoms. The van der Waals surface area contributed by atoms with E-state index >= 15 is 0 Å². The molecule has 11 heteroatoms. The fourth-order valence-corrected chi connectivity index (χ4v) is 6.48. The summed E-state index contributed by atoms with van der Waals surface area (Å²) in [5.41, 5.74) is 1.81. The number of sulfonamides is 1. The van der Waals surface area contributed by atoms with Crippen LogP contribution in [0.2, 0.25) is 0 Å². The average molecular weight is 441 g/mol. The quantitative estimate of drug-likeness (QED) is 0.614. The smallest absolute Gasteiger partial charge is 0.236 e. The molecule has 142 valence electrons. The van der Waals surface area contributed by atoms with Gasteiger partial charge in [-0.15, -0.1) is 22.7 Å². The first-order chi connectivity index (χ1) is 12.9. The molecule has 2 aromatic heterocycles. The van der Waals surface area contributed by atoms with Crippen LogP contribution in [0.15, 0.2) is 28.6 Å². The van der Waals surface area contributed by atoms with E-state index in [2.05, 4.69) is 15.3 Å². The van der Waals surface area contributed by atoms with E-state index in [9.17, 15) is 13.2 Å². The van der Waals surface area contributed by atoms with Crippen molar-refractivity contribution in [2.45, 2.75) is 17.3 Å². The molecule has 1 aromatic carbocycles. The van der Waals surface area contributed by atoms with Gasteiger partial charge in [0.25, 0.3) is 0 Å². The van der Waals surface area contributed by atoms with Crippen molar-refractivity contribution in [2.24, 2.45) is 0 Å². The normalized spacial score (nSPS) is 15.0. The zero-order valence-corrected chi connectivity index (χ0v) is 17.6. The van der Waals surface area contributed by atoms with Crippen molar-refractivity contribution in [1.29, 1.82) is 0 Å². The molecule has 7 nitrogen and oxygen atoms in total. The maximum Gasteiger partial charge on any atom is 0.236 e. The number of carbonyl (C=O) groups excluding carboxylic acids is 1. The Morgan fingerprint density at radius 2 is 2.11 bits per heavy atom. The predicted octanol–water partition coefficient (Wildman–Crippen LogP) is 2.80. The molecule has 0 unspecified atom stereocenters. The highest BCUT2D eigenvalue weighted by atomic mass is 32.2. The number of benzene rings is 1. The zero-order chi connectivity index (χ0) is 19.0. The van der Waals surface area contributed by atoms with Gasteiger partial charge in [-0.25, -0.2) is 18.4 Å². The highest BCUT2D eigenvalue weighted by molar-refractivity contribution is 8.01. The van der Waals surface area contributed by atoms with E-state index in [4.69, 9.17) is 0 Å². The maximum absolute atomic E-state index is 12.2. The maximum atomic E-state index is 12.2. The van der Waals surface area contributed by atoms with Crippen LogP contribution in [0.25, 0.3) is 10.2 Å². The molecule has 0 saturated carbocycles. The molecular formula is C16H16N4O3S4. The number of hydrogen-bond acceptors (Lipinski definition) is 8. The van der Waals surface area contributed by atoms with Crippen molar-refractivity contribution in [3.8, 4) is 0 Å². The lowest BCUT2D eigenvalue weighted by atomic mass is 10.2. The molecule has 0 radical (unpaired) electrons. The Balaban J connectivity index is 1.37. The topological polar surface area (TPSA) is 92.3 Å². The molecule has 1 N–H and O–H groups in total. The Hall–Kier alpha value is -1.53. The number of carbonyl (C=O) groups is 1. The summed E-state index contributed by atoms with van der Waals surface area (Å²) in [6, 6.07) is 7.88. The van der Waals surface area contributed by atoms with Gasteiger partial charge in [-0.2, -0.15) is 4.31 Å². The number of nitrogens with zero attached hydrogens (tertiary/aromatic N) is 3. The van der Waals surface area contributed by atoms with Gasteiger partial charge < -0.3 is 5.32 Å². The first-order valence-corrected chi connectivity index (χ1v) is 12.6. The first-order valence-electron chi connectivity index (χ1n) is 8.10. The van der Waals surface area contributed by atoms with E-state index in [0.717, 1.165) is 25.1 Å². The number of rotatable bonds is 5. The minimum Gasteiger partial charge on any atom is -0.301 e. The van der Waals surface area contributed by atoms with Gasteiger partial charge in [0.1, 0.15) is 0 Å². The number of thiazole rings is 2. The average Bonchev–Trinajstić information content (AvgIpc) is 3.21. The highest BCUT2D eigenvalue weighted by Gasteiger charge is 2.26. The lowest BCUT2D eigenvalue weighted by molar-refractivity contribution is -0.113. The summed E-state index contributed by atoms with van der Waals surface area (Å²) >= 11 is 4.30. The van der Waals surface area contributed by atoms with Gasteiger partial charge in [0, 0.05) is 24.4 Å². The van der Waals surface area contributed by atoms with Crippen LogP contribution in [0.1, 0.15) is 10.6 Å². The van der Waals surface area contributed by atoms with E-state index in [-0.39, 0.29) is 11.7 Å². The fraction of sp³-hybridized carbons (Fsp3) is 0.312. The van der Waals surface area contributed by atoms with E-state index in [1.807, 2.05) is 24.3 Å². The summed E-state index contributed by atoms with van der Waals surface area (Å²) in [7, 11) is -3.22. The third-order valence-electron chi connectivity index (χ3n) is 4.01. The van der Waals surface area contributed by atoms with Gasteiger partial charge in [0.15, 0.2) is 9.47 Å². The first kappa shape index (κ1) is 18.8. The molecule has 1 aliphatic rings. The van der Waals surface area contributed by atoms with Gasteiger partial charge >= 0.3 is 0 Å². The van der Waals surface area contributed by atoms with Gasteiger partial charge in [-0.1, -0.05) is 23.9 Å². The second-order valence-electron chi connectivity index (χ2n) is 6.02. The van der Waals surface area contributed by atoms with Crippen LogP contribution in [0.5, 0.6) is 0 Å². The van der Waals surface area contributed by atoms with Gasteiger partial charge in [-0.05, 0) is 12.1 Å². The van der Waals surface area contributed by atoms with E-state index < -0.39 is 10.0 Å². The van der Waals surface area contributed by atoms with Crippen LogP contribution < -0.4 is 5.32 Å². The Morgan fingerprint density at radius 1 is 1.30 bits per heavy atom. The SMILES string of the molecule is CS(=O)(=O)N1CCc2nc(NC(=O)CSc3nc4ccccc4s3)sc2C1. The standard InChI is InChI=1S/C16H16N4O3S4/c1-27(22,23)20-7-6-11-13(8-20)25-15(17-11)19-14(21)9-24-16-18-10-4-2-3-5-12(10)26-16/h2-5H,6-9H2,1H3,(H,17,19,21). The number of aromatic nitrogens is 2. The summed E-state index contributed by atoms with van der Waals surface area (Å²) in [5, 5.41) is 3.33. The number of hydrogen-bond donors (Lipinski definition) is 1. The molecule has 3 aromatic rings. The second-order valence-corrected chi connectivity index (χ2v) is 11.3. The molecule has 0 bridgehead atoms. The van der Waals surface area contributed by atoms with Crippen molar-refractivity contribution in [2.75, 3.05) is 23.9 Å². The molecule has 1 amide bonds. The van der Waals surface area contributed by atoms with Crippen LogP contribution in [0, 0.1) is 0 Å². The Bertz CT molecular complexity index is 1070. The number of nitrogens with one attached hydrogen (secondary N) is 1. The van der Waals surface area contributed by atoms with Crippen molar-refractivity contribution in [3.05, 3.63) is 34.8 Å². The zero-order valence-electron chi connectivity index (χ0n) is 14.3. The monoisotopic (exact) mass is 440 g/mol. The number of para-hydroxylation sites is 1. The number of amides is 1. The molecular weight excluding hydrogens is 424 g/mol. The van der Waals surface area contributed by atoms with Crippen molar-refractivity contribution >= 4 is 65.7 Å². The van der Waals surface area contributed by atoms with Crippen LogP contribution in [0.4, 0.5) is 5.13 Å². The van der Waals surface area contributed by atoms with Crippen LogP contribution in [-0.2, 0) is 27.8 Å². The summed E-state index contributed by atoms with van der Waals surface area (Å²) in [4.78, 5) is 22.1. The van der Waals surface area contributed by atoms with Gasteiger partial charge in [0.2, 0.25) is 15.9 Å². The summed E-state index contributed by atoms with van der Waals surface area (Å²) in [5.74, 6) is 0.102. The molecule has 4 rings (SSSR count). The summed E-state index contributed by atoms with van der Waals surface area (Å²) < 4.78 is 26.8. The largest absolute Gasteiger partial charge is 0.301 e. The lowest BCUT2D eigenvalue weighted by Crippen LogP contribution is -2.34. The molecule has 0 atom stereocenters. The molecule has 1 aliphatic heterocycles. The minimum absolute atomic E-state index is 0.148. The Kier molecular flexibility index (Phi) is 5.21. The molecule has 0 spiro atoms. The van der Waals surface area contributed by atoms with Crippen LogP contribution >= 0.6 is 34.4 Å². The van der Waals surface area contributed by atoms with E-state index in [1.54, 1.807) is 11.3 Å². The molecule has 0 saturated heterocycles. The summed E-state index contributed by atoms with van der Waals surface area (Å²) in [6.07, 6.45) is 1.77. The Labute approximate surface area is 168 Å². The van der Waals surface area contributed by atoms with Gasteiger partial charge in [-0.3, -0.25) is 4.79 Å². The van der Waals surface area contributed by atoms with Crippen LogP contribution in [-0.4, -0.2) is 47.2 Å². The number of thioether (sulfide) groups is 1. The fourth-order valence-electron chi connectivity index (χ4n) is 2.70. The van der Waals surface area contributed by atoms with E-state index in [0.29, 0.717) is 24.6 Å².